The molecule has 0 aliphatic carbocycles. The van der Waals surface area contributed by atoms with E-state index in [9.17, 15) is 5.11 Å². The third kappa shape index (κ3) is 2.66. The summed E-state index contributed by atoms with van der Waals surface area (Å²) in [5.41, 5.74) is -0.600. The first kappa shape index (κ1) is 12.1. The Balaban J connectivity index is 2.26. The maximum Gasteiger partial charge on any atom is 0.134 e. The van der Waals surface area contributed by atoms with Gasteiger partial charge in [0.2, 0.25) is 0 Å². The molecule has 0 amide bonds. The first-order chi connectivity index (χ1) is 8.04. The zero-order chi connectivity index (χ0) is 12.5. The predicted octanol–water partition coefficient (Wildman–Crippen LogP) is 1.04. The number of rotatable bonds is 3. The van der Waals surface area contributed by atoms with Crippen LogP contribution >= 0.6 is 0 Å². The van der Waals surface area contributed by atoms with E-state index in [4.69, 9.17) is 0 Å². The Hall–Kier alpha value is -1.36. The van der Waals surface area contributed by atoms with Gasteiger partial charge < -0.3 is 15.3 Å². The first-order valence-corrected chi connectivity index (χ1v) is 6.07. The van der Waals surface area contributed by atoms with Crippen LogP contribution < -0.4 is 10.2 Å². The molecule has 0 radical (unpaired) electrons. The molecular formula is C12H20N4O. The molecule has 1 fully saturated rings. The van der Waals surface area contributed by atoms with Crippen molar-refractivity contribution in [3.8, 4) is 0 Å². The van der Waals surface area contributed by atoms with Crippen molar-refractivity contribution in [2.75, 3.05) is 30.4 Å². The van der Waals surface area contributed by atoms with Gasteiger partial charge in [-0.05, 0) is 13.3 Å². The largest absolute Gasteiger partial charge is 0.388 e. The van der Waals surface area contributed by atoms with E-state index in [1.807, 2.05) is 27.0 Å². The van der Waals surface area contributed by atoms with E-state index in [-0.39, 0.29) is 0 Å². The van der Waals surface area contributed by atoms with Crippen molar-refractivity contribution in [1.29, 1.82) is 0 Å². The van der Waals surface area contributed by atoms with E-state index >= 15 is 0 Å². The lowest BCUT2D eigenvalue weighted by atomic mass is 10.1. The first-order valence-electron chi connectivity index (χ1n) is 6.07. The third-order valence-electron chi connectivity index (χ3n) is 3.11. The Labute approximate surface area is 102 Å². The van der Waals surface area contributed by atoms with Crippen LogP contribution in [-0.2, 0) is 6.42 Å². The molecule has 2 heterocycles. The van der Waals surface area contributed by atoms with Gasteiger partial charge in [0, 0.05) is 32.6 Å². The van der Waals surface area contributed by atoms with E-state index in [0.717, 1.165) is 36.8 Å². The van der Waals surface area contributed by atoms with E-state index < -0.39 is 5.60 Å². The molecule has 0 aromatic carbocycles. The second-order valence-corrected chi connectivity index (χ2v) is 4.80. The number of aliphatic hydroxyl groups is 1. The van der Waals surface area contributed by atoms with Gasteiger partial charge in [-0.3, -0.25) is 0 Å². The van der Waals surface area contributed by atoms with Crippen molar-refractivity contribution in [2.24, 2.45) is 0 Å². The fraction of sp³-hybridized carbons (Fsp3) is 0.667. The zero-order valence-corrected chi connectivity index (χ0v) is 10.7. The summed E-state index contributed by atoms with van der Waals surface area (Å²) < 4.78 is 0. The Kier molecular flexibility index (Phi) is 3.19. The van der Waals surface area contributed by atoms with E-state index in [1.54, 1.807) is 0 Å². The molecule has 1 aromatic rings. The maximum absolute atomic E-state index is 9.98. The molecule has 1 unspecified atom stereocenters. The predicted molar refractivity (Wildman–Crippen MR) is 68.4 cm³/mol. The van der Waals surface area contributed by atoms with Crippen LogP contribution in [0.3, 0.4) is 0 Å². The molecule has 1 atom stereocenters. The second-order valence-electron chi connectivity index (χ2n) is 4.80. The lowest BCUT2D eigenvalue weighted by Gasteiger charge is -2.20. The Bertz CT molecular complexity index is 383. The SMILES string of the molecule is CCc1nc(NC)cc(N2CCC(C)(O)C2)n1. The number of hydrogen-bond donors (Lipinski definition) is 2. The number of hydrogen-bond acceptors (Lipinski definition) is 5. The van der Waals surface area contributed by atoms with Gasteiger partial charge in [0.1, 0.15) is 17.5 Å². The topological polar surface area (TPSA) is 61.3 Å². The van der Waals surface area contributed by atoms with Gasteiger partial charge in [-0.1, -0.05) is 6.92 Å². The summed E-state index contributed by atoms with van der Waals surface area (Å²) in [5, 5.41) is 13.0. The van der Waals surface area contributed by atoms with Crippen LogP contribution in [0.25, 0.3) is 0 Å². The number of nitrogens with zero attached hydrogens (tertiary/aromatic N) is 3. The van der Waals surface area contributed by atoms with Gasteiger partial charge in [-0.25, -0.2) is 9.97 Å². The Morgan fingerprint density at radius 1 is 1.53 bits per heavy atom. The number of aromatic nitrogens is 2. The summed E-state index contributed by atoms with van der Waals surface area (Å²) in [7, 11) is 1.85. The summed E-state index contributed by atoms with van der Waals surface area (Å²) in [6, 6.07) is 1.93. The van der Waals surface area contributed by atoms with E-state index in [1.165, 1.54) is 0 Å². The van der Waals surface area contributed by atoms with Gasteiger partial charge in [-0.2, -0.15) is 0 Å². The highest BCUT2D eigenvalue weighted by Gasteiger charge is 2.32. The molecule has 17 heavy (non-hydrogen) atoms. The van der Waals surface area contributed by atoms with E-state index in [2.05, 4.69) is 20.2 Å². The minimum Gasteiger partial charge on any atom is -0.388 e. The van der Waals surface area contributed by atoms with Crippen LogP contribution in [0.15, 0.2) is 6.07 Å². The molecule has 1 saturated heterocycles. The second kappa shape index (κ2) is 4.49. The normalized spacial score (nSPS) is 24.1. The van der Waals surface area contributed by atoms with Crippen molar-refractivity contribution in [3.05, 3.63) is 11.9 Å². The highest BCUT2D eigenvalue weighted by Crippen LogP contribution is 2.26. The van der Waals surface area contributed by atoms with Crippen molar-refractivity contribution < 1.29 is 5.11 Å². The Morgan fingerprint density at radius 3 is 2.82 bits per heavy atom. The zero-order valence-electron chi connectivity index (χ0n) is 10.7. The average Bonchev–Trinajstić information content (AvgIpc) is 2.69. The summed E-state index contributed by atoms with van der Waals surface area (Å²) in [6.07, 6.45) is 1.60. The molecule has 1 aliphatic rings. The summed E-state index contributed by atoms with van der Waals surface area (Å²) in [6.45, 7) is 5.39. The van der Waals surface area contributed by atoms with Crippen molar-refractivity contribution in [1.82, 2.24) is 9.97 Å². The third-order valence-corrected chi connectivity index (χ3v) is 3.11. The molecule has 5 nitrogen and oxygen atoms in total. The minimum absolute atomic E-state index is 0.600. The summed E-state index contributed by atoms with van der Waals surface area (Å²) in [4.78, 5) is 11.0. The van der Waals surface area contributed by atoms with Gasteiger partial charge >= 0.3 is 0 Å². The lowest BCUT2D eigenvalue weighted by Crippen LogP contribution is -2.30. The van der Waals surface area contributed by atoms with Crippen molar-refractivity contribution in [3.63, 3.8) is 0 Å². The summed E-state index contributed by atoms with van der Waals surface area (Å²) in [5.74, 6) is 2.57. The maximum atomic E-state index is 9.98. The molecule has 1 aliphatic heterocycles. The van der Waals surface area contributed by atoms with Crippen molar-refractivity contribution >= 4 is 11.6 Å². The number of anilines is 2. The fourth-order valence-electron chi connectivity index (χ4n) is 2.07. The number of nitrogens with one attached hydrogen (secondary N) is 1. The summed E-state index contributed by atoms with van der Waals surface area (Å²) >= 11 is 0. The molecule has 0 bridgehead atoms. The lowest BCUT2D eigenvalue weighted by molar-refractivity contribution is 0.0839. The van der Waals surface area contributed by atoms with Crippen LogP contribution in [-0.4, -0.2) is 40.8 Å². The molecule has 0 spiro atoms. The van der Waals surface area contributed by atoms with Crippen LogP contribution in [0.1, 0.15) is 26.1 Å². The highest BCUT2D eigenvalue weighted by molar-refractivity contribution is 5.50. The Morgan fingerprint density at radius 2 is 2.29 bits per heavy atom. The molecule has 94 valence electrons. The van der Waals surface area contributed by atoms with Crippen LogP contribution in [0, 0.1) is 0 Å². The van der Waals surface area contributed by atoms with Gasteiger partial charge in [0.15, 0.2) is 0 Å². The van der Waals surface area contributed by atoms with Gasteiger partial charge in [0.25, 0.3) is 0 Å². The van der Waals surface area contributed by atoms with Crippen molar-refractivity contribution in [2.45, 2.75) is 32.3 Å². The fourth-order valence-corrected chi connectivity index (χ4v) is 2.07. The van der Waals surface area contributed by atoms with Gasteiger partial charge in [-0.15, -0.1) is 0 Å². The molecule has 2 rings (SSSR count). The van der Waals surface area contributed by atoms with Crippen LogP contribution in [0.5, 0.6) is 0 Å². The highest BCUT2D eigenvalue weighted by atomic mass is 16.3. The minimum atomic E-state index is -0.600. The average molecular weight is 236 g/mol. The van der Waals surface area contributed by atoms with Crippen LogP contribution in [0.2, 0.25) is 0 Å². The van der Waals surface area contributed by atoms with Gasteiger partial charge in [0.05, 0.1) is 5.60 Å². The van der Waals surface area contributed by atoms with Crippen LogP contribution in [0.4, 0.5) is 11.6 Å². The number of aryl methyl sites for hydroxylation is 1. The molecular weight excluding hydrogens is 216 g/mol. The number of β-amino-alcohol motifs (C(OH)–C–C–N with tert-alkyl or cyclic N) is 1. The quantitative estimate of drug-likeness (QED) is 0.821. The van der Waals surface area contributed by atoms with E-state index in [0.29, 0.717) is 6.54 Å². The molecule has 5 heteroatoms. The monoisotopic (exact) mass is 236 g/mol. The smallest absolute Gasteiger partial charge is 0.134 e. The molecule has 0 saturated carbocycles. The standard InChI is InChI=1S/C12H20N4O/c1-4-9-14-10(13-3)7-11(15-9)16-6-5-12(2,17)8-16/h7,17H,4-6,8H2,1-3H3,(H,13,14,15). The molecule has 1 aromatic heterocycles. The molecule has 2 N–H and O–H groups in total.